The summed E-state index contributed by atoms with van der Waals surface area (Å²) < 4.78 is 29.3. The van der Waals surface area contributed by atoms with Crippen molar-refractivity contribution in [3.8, 4) is 5.75 Å². The number of urea groups is 1. The maximum Gasteiger partial charge on any atom is 0.387 e. The summed E-state index contributed by atoms with van der Waals surface area (Å²) in [6.45, 7) is -2.84. The third-order valence-corrected chi connectivity index (χ3v) is 3.67. The number of halogens is 2. The fourth-order valence-electron chi connectivity index (χ4n) is 2.54. The van der Waals surface area contributed by atoms with Crippen LogP contribution in [-0.4, -0.2) is 12.6 Å². The van der Waals surface area contributed by atoms with Gasteiger partial charge in [-0.1, -0.05) is 54.6 Å². The zero-order chi connectivity index (χ0) is 17.6. The van der Waals surface area contributed by atoms with Gasteiger partial charge in [0.15, 0.2) is 0 Å². The molecule has 0 aliphatic rings. The molecule has 0 saturated carbocycles. The van der Waals surface area contributed by atoms with E-state index in [2.05, 4.69) is 15.4 Å². The highest BCUT2D eigenvalue weighted by Crippen LogP contribution is 2.23. The number of ether oxygens (including phenoxy) is 1. The number of anilines is 1. The molecule has 3 aromatic rings. The highest BCUT2D eigenvalue weighted by molar-refractivity contribution is 6.01. The Balaban J connectivity index is 1.67. The Labute approximate surface area is 143 Å². The van der Waals surface area contributed by atoms with Gasteiger partial charge >= 0.3 is 12.6 Å². The van der Waals surface area contributed by atoms with Crippen LogP contribution in [0, 0.1) is 0 Å². The van der Waals surface area contributed by atoms with Gasteiger partial charge in [-0.2, -0.15) is 8.78 Å². The van der Waals surface area contributed by atoms with E-state index in [0.717, 1.165) is 10.8 Å². The van der Waals surface area contributed by atoms with Crippen molar-refractivity contribution in [2.45, 2.75) is 13.2 Å². The van der Waals surface area contributed by atoms with E-state index < -0.39 is 12.6 Å². The molecule has 0 aliphatic carbocycles. The van der Waals surface area contributed by atoms with Crippen LogP contribution in [0.2, 0.25) is 0 Å². The molecule has 0 radical (unpaired) electrons. The molecule has 0 bridgehead atoms. The molecule has 0 fully saturated rings. The summed E-state index contributed by atoms with van der Waals surface area (Å²) in [6, 6.07) is 19.2. The van der Waals surface area contributed by atoms with E-state index in [1.807, 2.05) is 36.4 Å². The second-order valence-corrected chi connectivity index (χ2v) is 5.32. The minimum atomic E-state index is -2.91. The number of alkyl halides is 2. The molecule has 2 amide bonds. The van der Waals surface area contributed by atoms with Crippen LogP contribution in [0.25, 0.3) is 10.8 Å². The first kappa shape index (κ1) is 16.7. The Morgan fingerprint density at radius 2 is 1.68 bits per heavy atom. The first-order valence-corrected chi connectivity index (χ1v) is 7.69. The second kappa shape index (κ2) is 7.61. The normalized spacial score (nSPS) is 10.7. The minimum absolute atomic E-state index is 0.0444. The van der Waals surface area contributed by atoms with Gasteiger partial charge in [0.05, 0.1) is 5.69 Å². The summed E-state index contributed by atoms with van der Waals surface area (Å²) in [6.07, 6.45) is 0. The lowest BCUT2D eigenvalue weighted by atomic mass is 10.1. The van der Waals surface area contributed by atoms with Crippen LogP contribution in [0.3, 0.4) is 0 Å². The van der Waals surface area contributed by atoms with Gasteiger partial charge in [-0.15, -0.1) is 0 Å². The van der Waals surface area contributed by atoms with Gasteiger partial charge in [-0.25, -0.2) is 4.79 Å². The topological polar surface area (TPSA) is 50.4 Å². The van der Waals surface area contributed by atoms with Crippen LogP contribution in [0.4, 0.5) is 19.3 Å². The van der Waals surface area contributed by atoms with Crippen molar-refractivity contribution in [1.82, 2.24) is 5.32 Å². The minimum Gasteiger partial charge on any atom is -0.434 e. The molecule has 0 unspecified atom stereocenters. The van der Waals surface area contributed by atoms with Gasteiger partial charge in [-0.3, -0.25) is 0 Å². The van der Waals surface area contributed by atoms with Gasteiger partial charge in [-0.05, 0) is 17.5 Å². The number of para-hydroxylation sites is 1. The molecule has 3 rings (SSSR count). The molecule has 0 saturated heterocycles. The van der Waals surface area contributed by atoms with Crippen molar-refractivity contribution < 1.29 is 18.3 Å². The van der Waals surface area contributed by atoms with E-state index in [-0.39, 0.29) is 12.3 Å². The third-order valence-electron chi connectivity index (χ3n) is 3.67. The number of fused-ring (bicyclic) bond motifs is 1. The van der Waals surface area contributed by atoms with Crippen LogP contribution >= 0.6 is 0 Å². The van der Waals surface area contributed by atoms with E-state index in [9.17, 15) is 13.6 Å². The Morgan fingerprint density at radius 3 is 2.52 bits per heavy atom. The number of hydrogen-bond donors (Lipinski definition) is 2. The zero-order valence-corrected chi connectivity index (χ0v) is 13.2. The molecule has 0 heterocycles. The fraction of sp³-hybridized carbons (Fsp3) is 0.105. The summed E-state index contributed by atoms with van der Waals surface area (Å²) in [7, 11) is 0. The standard InChI is InChI=1S/C19H16F2N2O2/c20-18(21)25-17-11-4-2-7-14(17)12-22-19(24)23-16-10-5-8-13-6-1-3-9-15(13)16/h1-11,18H,12H2,(H2,22,23,24). The number of rotatable bonds is 5. The average molecular weight is 342 g/mol. The van der Waals surface area contributed by atoms with Crippen molar-refractivity contribution in [2.75, 3.05) is 5.32 Å². The van der Waals surface area contributed by atoms with Crippen molar-refractivity contribution in [3.05, 3.63) is 72.3 Å². The quantitative estimate of drug-likeness (QED) is 0.702. The molecule has 2 N–H and O–H groups in total. The largest absolute Gasteiger partial charge is 0.434 e. The van der Waals surface area contributed by atoms with E-state index >= 15 is 0 Å². The molecular formula is C19H16F2N2O2. The summed E-state index contributed by atoms with van der Waals surface area (Å²) in [4.78, 5) is 12.2. The van der Waals surface area contributed by atoms with Gasteiger partial charge in [0, 0.05) is 17.5 Å². The Morgan fingerprint density at radius 1 is 0.960 bits per heavy atom. The molecule has 4 nitrogen and oxygen atoms in total. The van der Waals surface area contributed by atoms with Crippen LogP contribution in [0.15, 0.2) is 66.7 Å². The van der Waals surface area contributed by atoms with Gasteiger partial charge in [0.25, 0.3) is 0 Å². The summed E-state index contributed by atoms with van der Waals surface area (Å²) in [5.74, 6) is 0.0444. The molecule has 0 spiro atoms. The number of amides is 2. The lowest BCUT2D eigenvalue weighted by molar-refractivity contribution is -0.0504. The maximum atomic E-state index is 12.4. The molecule has 128 valence electrons. The van der Waals surface area contributed by atoms with E-state index in [0.29, 0.717) is 11.3 Å². The van der Waals surface area contributed by atoms with Gasteiger partial charge in [0.1, 0.15) is 5.75 Å². The van der Waals surface area contributed by atoms with E-state index in [1.165, 1.54) is 6.07 Å². The van der Waals surface area contributed by atoms with Crippen LogP contribution < -0.4 is 15.4 Å². The fourth-order valence-corrected chi connectivity index (χ4v) is 2.54. The van der Waals surface area contributed by atoms with Crippen LogP contribution in [0.5, 0.6) is 5.75 Å². The molecule has 0 atom stereocenters. The molecule has 0 aromatic heterocycles. The third kappa shape index (κ3) is 4.23. The number of hydrogen-bond acceptors (Lipinski definition) is 2. The molecule has 3 aromatic carbocycles. The van der Waals surface area contributed by atoms with Crippen LogP contribution in [-0.2, 0) is 6.54 Å². The molecule has 0 aliphatic heterocycles. The maximum absolute atomic E-state index is 12.4. The Kier molecular flexibility index (Phi) is 5.09. The average Bonchev–Trinajstić information content (AvgIpc) is 2.61. The lowest BCUT2D eigenvalue weighted by Crippen LogP contribution is -2.28. The summed E-state index contributed by atoms with van der Waals surface area (Å²) >= 11 is 0. The summed E-state index contributed by atoms with van der Waals surface area (Å²) in [5.41, 5.74) is 1.14. The first-order chi connectivity index (χ1) is 12.1. The van der Waals surface area contributed by atoms with Crippen molar-refractivity contribution in [3.63, 3.8) is 0 Å². The highest BCUT2D eigenvalue weighted by Gasteiger charge is 2.10. The second-order valence-electron chi connectivity index (χ2n) is 5.32. The number of nitrogens with one attached hydrogen (secondary N) is 2. The van der Waals surface area contributed by atoms with E-state index in [4.69, 9.17) is 0 Å². The monoisotopic (exact) mass is 342 g/mol. The summed E-state index contributed by atoms with van der Waals surface area (Å²) in [5, 5.41) is 7.36. The number of benzene rings is 3. The molecular weight excluding hydrogens is 326 g/mol. The van der Waals surface area contributed by atoms with Gasteiger partial charge in [0.2, 0.25) is 0 Å². The van der Waals surface area contributed by atoms with E-state index in [1.54, 1.807) is 24.3 Å². The zero-order valence-electron chi connectivity index (χ0n) is 13.2. The molecule has 25 heavy (non-hydrogen) atoms. The van der Waals surface area contributed by atoms with Crippen molar-refractivity contribution >= 4 is 22.5 Å². The predicted molar refractivity (Wildman–Crippen MR) is 92.9 cm³/mol. The number of carbonyl (C=O) groups is 1. The number of carbonyl (C=O) groups excluding carboxylic acids is 1. The predicted octanol–water partition coefficient (Wildman–Crippen LogP) is 4.76. The van der Waals surface area contributed by atoms with Crippen molar-refractivity contribution in [1.29, 1.82) is 0 Å². The van der Waals surface area contributed by atoms with Gasteiger partial charge < -0.3 is 15.4 Å². The lowest BCUT2D eigenvalue weighted by Gasteiger charge is -2.13. The Bertz CT molecular complexity index is 879. The Hall–Kier alpha value is -3.15. The molecule has 6 heteroatoms. The SMILES string of the molecule is O=C(NCc1ccccc1OC(F)F)Nc1cccc2ccccc12. The highest BCUT2D eigenvalue weighted by atomic mass is 19.3. The van der Waals surface area contributed by atoms with Crippen LogP contribution in [0.1, 0.15) is 5.56 Å². The first-order valence-electron chi connectivity index (χ1n) is 7.69. The van der Waals surface area contributed by atoms with Crippen molar-refractivity contribution in [2.24, 2.45) is 0 Å². The smallest absolute Gasteiger partial charge is 0.387 e.